The highest BCUT2D eigenvalue weighted by molar-refractivity contribution is 6.04. The summed E-state index contributed by atoms with van der Waals surface area (Å²) in [7, 11) is 0. The average Bonchev–Trinajstić information content (AvgIpc) is 3.27. The Balaban J connectivity index is 1.95. The Hall–Kier alpha value is -4.21. The highest BCUT2D eigenvalue weighted by atomic mass is 19.4. The van der Waals surface area contributed by atoms with Gasteiger partial charge in [0.05, 0.1) is 5.56 Å². The van der Waals surface area contributed by atoms with Gasteiger partial charge in [-0.05, 0) is 36.8 Å². The predicted molar refractivity (Wildman–Crippen MR) is 112 cm³/mol. The fourth-order valence-corrected chi connectivity index (χ4v) is 3.35. The van der Waals surface area contributed by atoms with Crippen LogP contribution in [0.1, 0.15) is 21.6 Å². The third-order valence-corrected chi connectivity index (χ3v) is 4.85. The van der Waals surface area contributed by atoms with E-state index in [0.29, 0.717) is 16.8 Å². The van der Waals surface area contributed by atoms with E-state index in [1.54, 1.807) is 37.3 Å². The Kier molecular flexibility index (Phi) is 5.35. The Bertz CT molecular complexity index is 1330. The van der Waals surface area contributed by atoms with Gasteiger partial charge < -0.3 is 0 Å². The van der Waals surface area contributed by atoms with Crippen molar-refractivity contribution in [3.63, 3.8) is 0 Å². The van der Waals surface area contributed by atoms with Crippen LogP contribution in [0.4, 0.5) is 19.1 Å². The van der Waals surface area contributed by atoms with Crippen molar-refractivity contribution in [3.8, 4) is 16.8 Å². The van der Waals surface area contributed by atoms with Crippen molar-refractivity contribution in [1.82, 2.24) is 19.7 Å². The quantitative estimate of drug-likeness (QED) is 0.499. The fraction of sp³-hybridized carbons (Fsp3) is 0.0909. The van der Waals surface area contributed by atoms with Crippen LogP contribution in [0.15, 0.2) is 71.8 Å². The number of rotatable bonds is 4. The van der Waals surface area contributed by atoms with Crippen LogP contribution in [0.2, 0.25) is 0 Å². The molecule has 32 heavy (non-hydrogen) atoms. The third-order valence-electron chi connectivity index (χ3n) is 4.85. The summed E-state index contributed by atoms with van der Waals surface area (Å²) < 4.78 is 40.9. The summed E-state index contributed by atoms with van der Waals surface area (Å²) in [5.74, 6) is -0.825. The first-order valence-electron chi connectivity index (χ1n) is 9.42. The molecular weight excluding hydrogens is 423 g/mol. The van der Waals surface area contributed by atoms with Crippen LogP contribution < -0.4 is 10.9 Å². The number of hydrogen-bond acceptors (Lipinski definition) is 4. The van der Waals surface area contributed by atoms with Crippen molar-refractivity contribution in [3.05, 3.63) is 94.2 Å². The standard InChI is InChI=1S/C22H16F3N5O2/c1-13-17(14-6-3-2-4-7-14)11-18(19(31)28-21-26-12-27-29-21)20(32)30(13)16-9-5-8-15(10-16)22(23,24)25/h2-12H,1H3,(H2,26,27,28,29,31). The molecule has 0 aliphatic carbocycles. The lowest BCUT2D eigenvalue weighted by atomic mass is 10.0. The Morgan fingerprint density at radius 1 is 1.06 bits per heavy atom. The minimum absolute atomic E-state index is 0.00736. The van der Waals surface area contributed by atoms with E-state index in [2.05, 4.69) is 20.5 Å². The molecule has 0 radical (unpaired) electrons. The maximum Gasteiger partial charge on any atom is 0.416 e. The zero-order chi connectivity index (χ0) is 22.9. The van der Waals surface area contributed by atoms with Crippen molar-refractivity contribution in [2.24, 2.45) is 0 Å². The van der Waals surface area contributed by atoms with Gasteiger partial charge in [-0.2, -0.15) is 13.2 Å². The largest absolute Gasteiger partial charge is 0.416 e. The number of H-pyrrole nitrogens is 1. The van der Waals surface area contributed by atoms with Crippen LogP contribution in [-0.4, -0.2) is 25.7 Å². The normalized spacial score (nSPS) is 11.4. The summed E-state index contributed by atoms with van der Waals surface area (Å²) in [6, 6.07) is 14.7. The van der Waals surface area contributed by atoms with Crippen LogP contribution in [-0.2, 0) is 6.18 Å². The van der Waals surface area contributed by atoms with Crippen molar-refractivity contribution < 1.29 is 18.0 Å². The summed E-state index contributed by atoms with van der Waals surface area (Å²) in [6.45, 7) is 1.61. The van der Waals surface area contributed by atoms with Gasteiger partial charge in [-0.1, -0.05) is 36.4 Å². The van der Waals surface area contributed by atoms with Gasteiger partial charge in [-0.15, -0.1) is 5.10 Å². The Morgan fingerprint density at radius 2 is 1.81 bits per heavy atom. The molecule has 7 nitrogen and oxygen atoms in total. The van der Waals surface area contributed by atoms with Gasteiger partial charge in [0.1, 0.15) is 11.9 Å². The molecule has 0 fully saturated rings. The van der Waals surface area contributed by atoms with Crippen molar-refractivity contribution in [2.75, 3.05) is 5.32 Å². The molecular formula is C22H16F3N5O2. The van der Waals surface area contributed by atoms with Crippen molar-refractivity contribution in [1.29, 1.82) is 0 Å². The van der Waals surface area contributed by atoms with E-state index in [1.165, 1.54) is 24.5 Å². The number of halogens is 3. The van der Waals surface area contributed by atoms with E-state index in [1.807, 2.05) is 0 Å². The van der Waals surface area contributed by atoms with E-state index in [9.17, 15) is 22.8 Å². The van der Waals surface area contributed by atoms with Gasteiger partial charge in [0.25, 0.3) is 11.5 Å². The van der Waals surface area contributed by atoms with Crippen LogP contribution in [0, 0.1) is 6.92 Å². The maximum absolute atomic E-state index is 13.3. The SMILES string of the molecule is Cc1c(-c2ccccc2)cc(C(=O)Nc2nc[nH]n2)c(=O)n1-c1cccc(C(F)(F)F)c1. The maximum atomic E-state index is 13.3. The minimum atomic E-state index is -4.59. The second kappa shape index (κ2) is 8.14. The molecule has 162 valence electrons. The fourth-order valence-electron chi connectivity index (χ4n) is 3.35. The zero-order valence-corrected chi connectivity index (χ0v) is 16.6. The summed E-state index contributed by atoms with van der Waals surface area (Å²) in [4.78, 5) is 29.9. The van der Waals surface area contributed by atoms with Gasteiger partial charge in [-0.25, -0.2) is 4.98 Å². The van der Waals surface area contributed by atoms with E-state index >= 15 is 0 Å². The number of carbonyl (C=O) groups is 1. The lowest BCUT2D eigenvalue weighted by Gasteiger charge is -2.18. The van der Waals surface area contributed by atoms with Crippen molar-refractivity contribution >= 4 is 11.9 Å². The number of hydrogen-bond donors (Lipinski definition) is 2. The zero-order valence-electron chi connectivity index (χ0n) is 16.6. The number of carbonyl (C=O) groups excluding carboxylic acids is 1. The van der Waals surface area contributed by atoms with E-state index in [0.717, 1.165) is 16.7 Å². The average molecular weight is 439 g/mol. The highest BCUT2D eigenvalue weighted by Crippen LogP contribution is 2.31. The predicted octanol–water partition coefficient (Wildman–Crippen LogP) is 4.20. The molecule has 0 aliphatic rings. The summed E-state index contributed by atoms with van der Waals surface area (Å²) >= 11 is 0. The van der Waals surface area contributed by atoms with Crippen LogP contribution in [0.5, 0.6) is 0 Å². The molecule has 2 N–H and O–H groups in total. The van der Waals surface area contributed by atoms with Crippen LogP contribution >= 0.6 is 0 Å². The second-order valence-electron chi connectivity index (χ2n) is 6.89. The molecule has 2 aromatic heterocycles. The first kappa shape index (κ1) is 21.0. The van der Waals surface area contributed by atoms with Crippen molar-refractivity contribution in [2.45, 2.75) is 13.1 Å². The van der Waals surface area contributed by atoms with Crippen LogP contribution in [0.3, 0.4) is 0 Å². The molecule has 10 heteroatoms. The molecule has 4 aromatic rings. The molecule has 0 unspecified atom stereocenters. The molecule has 0 aliphatic heterocycles. The molecule has 4 rings (SSSR count). The van der Waals surface area contributed by atoms with E-state index in [4.69, 9.17) is 0 Å². The minimum Gasteiger partial charge on any atom is -0.289 e. The molecule has 2 aromatic carbocycles. The Labute approximate surface area is 179 Å². The first-order valence-corrected chi connectivity index (χ1v) is 9.42. The van der Waals surface area contributed by atoms with E-state index < -0.39 is 23.2 Å². The van der Waals surface area contributed by atoms with Gasteiger partial charge in [0, 0.05) is 16.9 Å². The summed E-state index contributed by atoms with van der Waals surface area (Å²) in [5.41, 5.74) is -0.355. The third kappa shape index (κ3) is 4.02. The number of nitrogens with one attached hydrogen (secondary N) is 2. The van der Waals surface area contributed by atoms with Gasteiger partial charge in [-0.3, -0.25) is 24.6 Å². The topological polar surface area (TPSA) is 92.7 Å². The molecule has 1 amide bonds. The number of anilines is 1. The van der Waals surface area contributed by atoms with Gasteiger partial charge >= 0.3 is 6.18 Å². The molecule has 0 atom stereocenters. The summed E-state index contributed by atoms with van der Waals surface area (Å²) in [6.07, 6.45) is -3.34. The van der Waals surface area contributed by atoms with Gasteiger partial charge in [0.2, 0.25) is 5.95 Å². The molecule has 0 saturated heterocycles. The molecule has 2 heterocycles. The number of amides is 1. The number of aromatic nitrogens is 4. The molecule has 0 bridgehead atoms. The summed E-state index contributed by atoms with van der Waals surface area (Å²) in [5, 5.41) is 8.57. The smallest absolute Gasteiger partial charge is 0.289 e. The Morgan fingerprint density at radius 3 is 2.47 bits per heavy atom. The monoisotopic (exact) mass is 439 g/mol. The lowest BCUT2D eigenvalue weighted by molar-refractivity contribution is -0.137. The number of alkyl halides is 3. The number of benzene rings is 2. The van der Waals surface area contributed by atoms with E-state index in [-0.39, 0.29) is 17.2 Å². The molecule has 0 spiro atoms. The molecule has 0 saturated carbocycles. The second-order valence-corrected chi connectivity index (χ2v) is 6.89. The number of pyridine rings is 1. The number of nitrogens with zero attached hydrogens (tertiary/aromatic N) is 3. The first-order chi connectivity index (χ1) is 15.3. The van der Waals surface area contributed by atoms with Crippen LogP contribution in [0.25, 0.3) is 16.8 Å². The highest BCUT2D eigenvalue weighted by Gasteiger charge is 2.31. The van der Waals surface area contributed by atoms with Gasteiger partial charge in [0.15, 0.2) is 0 Å². The lowest BCUT2D eigenvalue weighted by Crippen LogP contribution is -2.30. The number of aromatic amines is 1.